The monoisotopic (exact) mass is 884 g/mol. The van der Waals surface area contributed by atoms with Crippen LogP contribution in [0.4, 0.5) is 0 Å². The van der Waals surface area contributed by atoms with Gasteiger partial charge in [0.2, 0.25) is 0 Å². The number of hydrogen-bond donors (Lipinski definition) is 0. The van der Waals surface area contributed by atoms with Gasteiger partial charge in [0.1, 0.15) is 0 Å². The maximum Gasteiger partial charge on any atom is 0.0991 e. The number of nitriles is 2. The van der Waals surface area contributed by atoms with Crippen LogP contribution in [-0.2, 0) is 21.7 Å². The molecule has 0 unspecified atom stereocenters. The molecule has 0 aliphatic carbocycles. The molecule has 0 bridgehead atoms. The summed E-state index contributed by atoms with van der Waals surface area (Å²) in [5, 5.41) is 18.9. The van der Waals surface area contributed by atoms with Gasteiger partial charge in [-0.2, -0.15) is 10.5 Å². The predicted molar refractivity (Wildman–Crippen MR) is 283 cm³/mol. The summed E-state index contributed by atoms with van der Waals surface area (Å²) in [5.74, 6) is 13.9. The number of hydrogen-bond acceptors (Lipinski definition) is 2. The van der Waals surface area contributed by atoms with Crippen LogP contribution in [-0.4, -0.2) is 9.13 Å². The molecule has 336 valence electrons. The molecule has 2 heterocycles. The van der Waals surface area contributed by atoms with Crippen LogP contribution < -0.4 is 0 Å². The van der Waals surface area contributed by atoms with Gasteiger partial charge in [-0.15, -0.1) is 0 Å². The van der Waals surface area contributed by atoms with E-state index in [1.807, 2.05) is 48.5 Å². The van der Waals surface area contributed by atoms with Gasteiger partial charge in [-0.05, 0) is 141 Å². The number of benzene rings is 6. The molecule has 0 aliphatic heterocycles. The number of aromatic nitrogens is 2. The molecular formula is C64H60N4. The molecule has 6 aromatic carbocycles. The van der Waals surface area contributed by atoms with Gasteiger partial charge in [0, 0.05) is 44.8 Å². The number of nitrogens with zero attached hydrogens (tertiary/aromatic N) is 4. The Kier molecular flexibility index (Phi) is 12.2. The first kappa shape index (κ1) is 46.8. The summed E-state index contributed by atoms with van der Waals surface area (Å²) in [6, 6.07) is 55.2. The second-order valence-electron chi connectivity index (χ2n) is 22.0. The lowest BCUT2D eigenvalue weighted by atomic mass is 9.80. The van der Waals surface area contributed by atoms with Crippen LogP contribution >= 0.6 is 0 Å². The molecule has 8 rings (SSSR count). The highest BCUT2D eigenvalue weighted by Crippen LogP contribution is 2.43. The number of fused-ring (bicyclic) bond motifs is 1. The smallest absolute Gasteiger partial charge is 0.0991 e. The molecule has 68 heavy (non-hydrogen) atoms. The van der Waals surface area contributed by atoms with Crippen LogP contribution in [0.1, 0.15) is 139 Å². The van der Waals surface area contributed by atoms with Crippen LogP contribution in [0, 0.1) is 46.3 Å². The second-order valence-corrected chi connectivity index (χ2v) is 22.0. The molecule has 2 aromatic heterocycles. The van der Waals surface area contributed by atoms with E-state index in [2.05, 4.69) is 225 Å². The van der Waals surface area contributed by atoms with Crippen molar-refractivity contribution >= 4 is 11.0 Å². The van der Waals surface area contributed by atoms with E-state index in [1.54, 1.807) is 0 Å². The van der Waals surface area contributed by atoms with Crippen molar-refractivity contribution < 1.29 is 0 Å². The topological polar surface area (TPSA) is 57.4 Å². The fourth-order valence-electron chi connectivity index (χ4n) is 8.49. The van der Waals surface area contributed by atoms with Crippen molar-refractivity contribution in [1.29, 1.82) is 10.5 Å². The summed E-state index contributed by atoms with van der Waals surface area (Å²) in [6.45, 7) is 27.5. The summed E-state index contributed by atoms with van der Waals surface area (Å²) in [7, 11) is 0. The van der Waals surface area contributed by atoms with E-state index in [1.165, 1.54) is 22.3 Å². The van der Waals surface area contributed by atoms with Crippen molar-refractivity contribution in [3.63, 3.8) is 0 Å². The zero-order valence-corrected chi connectivity index (χ0v) is 41.6. The maximum atomic E-state index is 9.45. The zero-order valence-electron chi connectivity index (χ0n) is 41.6. The average molecular weight is 885 g/mol. The average Bonchev–Trinajstić information content (AvgIpc) is 3.86. The quantitative estimate of drug-likeness (QED) is 0.165. The Balaban J connectivity index is 1.51. The van der Waals surface area contributed by atoms with Crippen LogP contribution in [0.2, 0.25) is 0 Å². The minimum Gasteiger partial charge on any atom is -0.308 e. The van der Waals surface area contributed by atoms with Crippen molar-refractivity contribution in [2.45, 2.75) is 105 Å². The Hall–Kier alpha value is -7.76. The summed E-state index contributed by atoms with van der Waals surface area (Å²) in [4.78, 5) is 0. The lowest BCUT2D eigenvalue weighted by Crippen LogP contribution is -2.17. The standard InChI is InChI=1S/C64H60N4/c1-61(2,3)49-33-50(62(4,5)6)36-53(35-49)67-57(55-19-15-13-17-47(55)31-29-43-21-25-45(41-65)26-22-43)39-60-59(67)40-58(68(60)54-37-51(63(7,8)9)34-52(38-54)64(10,11)12)56-20-16-14-18-48(56)32-30-44-23-27-46(42-66)28-24-44/h13-28,33-40H,1-12H3. The second kappa shape index (κ2) is 17.8. The highest BCUT2D eigenvalue weighted by atomic mass is 15.1. The third-order valence-electron chi connectivity index (χ3n) is 12.7. The first-order valence-corrected chi connectivity index (χ1v) is 23.5. The first-order chi connectivity index (χ1) is 32.1. The van der Waals surface area contributed by atoms with Gasteiger partial charge in [0.15, 0.2) is 0 Å². The number of rotatable bonds is 4. The summed E-state index contributed by atoms with van der Waals surface area (Å²) < 4.78 is 4.90. The fourth-order valence-corrected chi connectivity index (χ4v) is 8.49. The van der Waals surface area contributed by atoms with E-state index in [0.717, 1.165) is 67.2 Å². The molecule has 0 atom stereocenters. The lowest BCUT2D eigenvalue weighted by molar-refractivity contribution is 0.567. The van der Waals surface area contributed by atoms with Crippen molar-refractivity contribution in [1.82, 2.24) is 9.13 Å². The molecule has 0 N–H and O–H groups in total. The first-order valence-electron chi connectivity index (χ1n) is 23.5. The molecule has 0 saturated carbocycles. The van der Waals surface area contributed by atoms with Gasteiger partial charge < -0.3 is 9.13 Å². The Morgan fingerprint density at radius 2 is 0.632 bits per heavy atom. The Morgan fingerprint density at radius 1 is 0.338 bits per heavy atom. The molecule has 8 aromatic rings. The molecule has 0 fully saturated rings. The largest absolute Gasteiger partial charge is 0.308 e. The summed E-state index contributed by atoms with van der Waals surface area (Å²) >= 11 is 0. The van der Waals surface area contributed by atoms with E-state index < -0.39 is 0 Å². The van der Waals surface area contributed by atoms with E-state index in [-0.39, 0.29) is 21.7 Å². The lowest BCUT2D eigenvalue weighted by Gasteiger charge is -2.27. The van der Waals surface area contributed by atoms with E-state index in [4.69, 9.17) is 0 Å². The van der Waals surface area contributed by atoms with Crippen molar-refractivity contribution in [3.05, 3.63) is 201 Å². The van der Waals surface area contributed by atoms with E-state index in [0.29, 0.717) is 11.1 Å². The van der Waals surface area contributed by atoms with Crippen LogP contribution in [0.3, 0.4) is 0 Å². The van der Waals surface area contributed by atoms with Gasteiger partial charge in [-0.25, -0.2) is 0 Å². The summed E-state index contributed by atoms with van der Waals surface area (Å²) in [6.07, 6.45) is 0. The minimum absolute atomic E-state index is 0.118. The molecule has 4 heteroatoms. The molecule has 0 amide bonds. The molecule has 0 spiro atoms. The Bertz CT molecular complexity index is 3130. The third-order valence-corrected chi connectivity index (χ3v) is 12.7. The third kappa shape index (κ3) is 9.70. The van der Waals surface area contributed by atoms with Gasteiger partial charge in [-0.1, -0.05) is 155 Å². The van der Waals surface area contributed by atoms with Crippen molar-refractivity contribution in [2.75, 3.05) is 0 Å². The maximum absolute atomic E-state index is 9.45. The molecule has 4 nitrogen and oxygen atoms in total. The minimum atomic E-state index is -0.118. The molecule has 0 radical (unpaired) electrons. The SMILES string of the molecule is CC(C)(C)c1cc(-n2c(-c3ccccc3C#Cc3ccc(C#N)cc3)cc3c2cc(-c2ccccc2C#Cc2ccc(C#N)cc2)n3-c2cc(C(C)(C)C)cc(C(C)(C)C)c2)cc(C(C)(C)C)c1. The Morgan fingerprint density at radius 3 is 0.926 bits per heavy atom. The highest BCUT2D eigenvalue weighted by molar-refractivity contribution is 5.95. The molecular weight excluding hydrogens is 825 g/mol. The normalized spacial score (nSPS) is 11.9. The Labute approximate surface area is 404 Å². The van der Waals surface area contributed by atoms with Crippen LogP contribution in [0.25, 0.3) is 44.9 Å². The van der Waals surface area contributed by atoms with E-state index >= 15 is 0 Å². The summed E-state index contributed by atoms with van der Waals surface area (Å²) in [5.41, 5.74) is 17.7. The predicted octanol–water partition coefficient (Wildman–Crippen LogP) is 15.5. The molecule has 0 saturated heterocycles. The molecule has 0 aliphatic rings. The van der Waals surface area contributed by atoms with Crippen molar-refractivity contribution in [3.8, 4) is 69.7 Å². The van der Waals surface area contributed by atoms with Crippen molar-refractivity contribution in [2.24, 2.45) is 0 Å². The van der Waals surface area contributed by atoms with Crippen LogP contribution in [0.5, 0.6) is 0 Å². The van der Waals surface area contributed by atoms with Gasteiger partial charge in [0.05, 0.1) is 45.7 Å². The zero-order chi connectivity index (χ0) is 48.8. The van der Waals surface area contributed by atoms with Gasteiger partial charge in [0.25, 0.3) is 0 Å². The fraction of sp³-hybridized carbons (Fsp3) is 0.250. The van der Waals surface area contributed by atoms with Gasteiger partial charge in [-0.3, -0.25) is 0 Å². The van der Waals surface area contributed by atoms with Gasteiger partial charge >= 0.3 is 0 Å². The highest BCUT2D eigenvalue weighted by Gasteiger charge is 2.28. The van der Waals surface area contributed by atoms with E-state index in [9.17, 15) is 10.5 Å². The van der Waals surface area contributed by atoms with Crippen LogP contribution in [0.15, 0.2) is 146 Å².